The molecule has 3 aromatic carbocycles. The second-order valence-corrected chi connectivity index (χ2v) is 14.3. The van der Waals surface area contributed by atoms with Crippen molar-refractivity contribution >= 4 is 29.8 Å². The summed E-state index contributed by atoms with van der Waals surface area (Å²) in [4.78, 5) is 67.8. The Morgan fingerprint density at radius 3 is 1.92 bits per heavy atom. The number of alkyl carbamates (subject to hydrolysis) is 1. The minimum absolute atomic E-state index is 0. The Morgan fingerprint density at radius 2 is 1.45 bits per heavy atom. The molecule has 3 aromatic rings. The number of rotatable bonds is 14. The summed E-state index contributed by atoms with van der Waals surface area (Å²) in [5.74, 6) is -5.19. The standard InChI is InChI=1S/C41H47N3O9.H2/c1-6-51-36(48)33-32-30(45)25-40(34(32)33,37(49)52-7-2)44-35(47)29(42-38(50)53-39(3,4)5)23-24-31(46)43-41(26-17-11-8-12-18-26,27-19-13-9-14-20-27)28-21-15-10-16-22-28;/h6,8-22,29-30,32-34,45H,1,7,23-25H2,2-5H3,(H,42,50)(H,43,46)(H,44,47);1H/t29-,30-,32-,33-,34-,40+;/m0./s1. The van der Waals surface area contributed by atoms with Gasteiger partial charge in [-0.05, 0) is 50.8 Å². The summed E-state index contributed by atoms with van der Waals surface area (Å²) >= 11 is 0. The van der Waals surface area contributed by atoms with Crippen LogP contribution in [0.5, 0.6) is 0 Å². The summed E-state index contributed by atoms with van der Waals surface area (Å²) in [7, 11) is 0. The number of carbonyl (C=O) groups excluding carboxylic acids is 5. The van der Waals surface area contributed by atoms with Crippen molar-refractivity contribution in [3.8, 4) is 0 Å². The molecule has 0 spiro atoms. The predicted octanol–water partition coefficient (Wildman–Crippen LogP) is 4.75. The molecular weight excluding hydrogens is 678 g/mol. The fourth-order valence-corrected chi connectivity index (χ4v) is 7.53. The van der Waals surface area contributed by atoms with E-state index in [1.807, 2.05) is 91.0 Å². The molecule has 53 heavy (non-hydrogen) atoms. The Labute approximate surface area is 310 Å². The van der Waals surface area contributed by atoms with Crippen LogP contribution in [0.25, 0.3) is 0 Å². The lowest BCUT2D eigenvalue weighted by Crippen LogP contribution is -2.61. The van der Waals surface area contributed by atoms with E-state index in [1.165, 1.54) is 0 Å². The van der Waals surface area contributed by atoms with Crippen LogP contribution in [0, 0.1) is 17.8 Å². The molecule has 12 heteroatoms. The number of esters is 2. The molecule has 2 fully saturated rings. The van der Waals surface area contributed by atoms with E-state index in [0.29, 0.717) is 0 Å². The summed E-state index contributed by atoms with van der Waals surface area (Å²) in [5, 5.41) is 19.5. The van der Waals surface area contributed by atoms with Crippen molar-refractivity contribution in [1.82, 2.24) is 16.0 Å². The first-order valence-electron chi connectivity index (χ1n) is 17.7. The van der Waals surface area contributed by atoms with Crippen molar-refractivity contribution in [3.63, 3.8) is 0 Å². The predicted molar refractivity (Wildman–Crippen MR) is 197 cm³/mol. The molecule has 0 bridgehead atoms. The van der Waals surface area contributed by atoms with Crippen LogP contribution in [0.15, 0.2) is 104 Å². The number of fused-ring (bicyclic) bond motifs is 1. The fraction of sp³-hybridized carbons (Fsp3) is 0.390. The van der Waals surface area contributed by atoms with E-state index in [1.54, 1.807) is 27.7 Å². The van der Waals surface area contributed by atoms with Crippen LogP contribution < -0.4 is 16.0 Å². The second kappa shape index (κ2) is 16.0. The molecule has 2 aliphatic carbocycles. The Hall–Kier alpha value is -5.49. The topological polar surface area (TPSA) is 169 Å². The van der Waals surface area contributed by atoms with Gasteiger partial charge in [-0.1, -0.05) is 97.6 Å². The number of nitrogens with one attached hydrogen (secondary N) is 3. The molecule has 0 radical (unpaired) electrons. The quantitative estimate of drug-likeness (QED) is 0.0793. The average Bonchev–Trinajstić information content (AvgIpc) is 3.83. The van der Waals surface area contributed by atoms with Gasteiger partial charge in [0.2, 0.25) is 11.8 Å². The second-order valence-electron chi connectivity index (χ2n) is 14.3. The van der Waals surface area contributed by atoms with E-state index in [-0.39, 0.29) is 27.3 Å². The zero-order valence-corrected chi connectivity index (χ0v) is 30.4. The van der Waals surface area contributed by atoms with Gasteiger partial charge < -0.3 is 35.3 Å². The zero-order chi connectivity index (χ0) is 38.4. The molecular formula is C41H49N3O9. The lowest BCUT2D eigenvalue weighted by Gasteiger charge is -2.37. The minimum Gasteiger partial charge on any atom is -0.464 e. The van der Waals surface area contributed by atoms with Crippen LogP contribution >= 0.6 is 0 Å². The Bertz CT molecular complexity index is 1710. The summed E-state index contributed by atoms with van der Waals surface area (Å²) < 4.78 is 15.8. The molecule has 282 valence electrons. The van der Waals surface area contributed by atoms with Gasteiger partial charge in [-0.2, -0.15) is 0 Å². The normalized spacial score (nSPS) is 22.3. The van der Waals surface area contributed by atoms with Gasteiger partial charge in [-0.15, -0.1) is 0 Å². The van der Waals surface area contributed by atoms with Crippen LogP contribution in [0.3, 0.4) is 0 Å². The summed E-state index contributed by atoms with van der Waals surface area (Å²) in [6, 6.07) is 27.2. The lowest BCUT2D eigenvalue weighted by atomic mass is 9.77. The van der Waals surface area contributed by atoms with E-state index in [0.717, 1.165) is 23.0 Å². The van der Waals surface area contributed by atoms with E-state index in [2.05, 4.69) is 22.5 Å². The van der Waals surface area contributed by atoms with Gasteiger partial charge in [-0.25, -0.2) is 9.59 Å². The van der Waals surface area contributed by atoms with E-state index in [4.69, 9.17) is 14.2 Å². The maximum atomic E-state index is 14.2. The van der Waals surface area contributed by atoms with Crippen LogP contribution in [0.4, 0.5) is 4.79 Å². The number of amides is 3. The molecule has 0 aliphatic heterocycles. The van der Waals surface area contributed by atoms with Crippen molar-refractivity contribution in [1.29, 1.82) is 0 Å². The number of aliphatic hydroxyl groups excluding tert-OH is 1. The van der Waals surface area contributed by atoms with Crippen molar-refractivity contribution in [2.45, 2.75) is 75.8 Å². The van der Waals surface area contributed by atoms with Crippen LogP contribution in [-0.2, 0) is 38.9 Å². The molecule has 12 nitrogen and oxygen atoms in total. The van der Waals surface area contributed by atoms with Crippen molar-refractivity contribution in [2.24, 2.45) is 17.8 Å². The van der Waals surface area contributed by atoms with Gasteiger partial charge in [0.25, 0.3) is 0 Å². The number of aliphatic hydroxyl groups is 1. The molecule has 5 rings (SSSR count). The van der Waals surface area contributed by atoms with Crippen LogP contribution in [0.1, 0.15) is 65.1 Å². The molecule has 4 N–H and O–H groups in total. The van der Waals surface area contributed by atoms with Gasteiger partial charge in [0, 0.05) is 26.1 Å². The smallest absolute Gasteiger partial charge is 0.408 e. The molecule has 0 heterocycles. The third-order valence-corrected chi connectivity index (χ3v) is 9.69. The summed E-state index contributed by atoms with van der Waals surface area (Å²) in [5.41, 5.74) is -1.45. The monoisotopic (exact) mass is 727 g/mol. The third kappa shape index (κ3) is 8.28. The van der Waals surface area contributed by atoms with Crippen LogP contribution in [0.2, 0.25) is 0 Å². The number of carbonyl (C=O) groups is 5. The first-order valence-corrected chi connectivity index (χ1v) is 17.7. The Kier molecular flexibility index (Phi) is 11.7. The van der Waals surface area contributed by atoms with Gasteiger partial charge >= 0.3 is 18.0 Å². The van der Waals surface area contributed by atoms with Crippen molar-refractivity contribution in [2.75, 3.05) is 6.61 Å². The van der Waals surface area contributed by atoms with Gasteiger partial charge in [-0.3, -0.25) is 14.4 Å². The Morgan fingerprint density at radius 1 is 0.925 bits per heavy atom. The van der Waals surface area contributed by atoms with E-state index < -0.39 is 76.4 Å². The SMILES string of the molecule is C=COC(=O)[C@H]1[C@H]2[C@@H]1[C@@](NC(=O)[C@H](CCC(=O)NC(c1ccccc1)(c1ccccc1)c1ccccc1)NC(=O)OC(C)(C)C)(C(=O)OCC)C[C@@H]2O.[HH]. The number of benzene rings is 3. The summed E-state index contributed by atoms with van der Waals surface area (Å²) in [6.07, 6.45) is -1.75. The van der Waals surface area contributed by atoms with Gasteiger partial charge in [0.1, 0.15) is 22.7 Å². The third-order valence-electron chi connectivity index (χ3n) is 9.69. The number of hydrogen-bond acceptors (Lipinski definition) is 9. The zero-order valence-electron chi connectivity index (χ0n) is 30.4. The van der Waals surface area contributed by atoms with Crippen LogP contribution in [-0.4, -0.2) is 64.8 Å². The highest BCUT2D eigenvalue weighted by atomic mass is 16.6. The van der Waals surface area contributed by atoms with Crippen molar-refractivity contribution in [3.05, 3.63) is 121 Å². The molecule has 0 unspecified atom stereocenters. The molecule has 2 aliphatic rings. The largest absolute Gasteiger partial charge is 0.464 e. The lowest BCUT2D eigenvalue weighted by molar-refractivity contribution is -0.156. The molecule has 6 atom stereocenters. The molecule has 3 amide bonds. The molecule has 0 aromatic heterocycles. The highest BCUT2D eigenvalue weighted by molar-refractivity contribution is 5.95. The first kappa shape index (κ1) is 38.7. The van der Waals surface area contributed by atoms with Gasteiger partial charge in [0.15, 0.2) is 0 Å². The fourth-order valence-electron chi connectivity index (χ4n) is 7.53. The van der Waals surface area contributed by atoms with Gasteiger partial charge in [0.05, 0.1) is 24.9 Å². The minimum atomic E-state index is -1.80. The van der Waals surface area contributed by atoms with E-state index in [9.17, 15) is 29.1 Å². The maximum Gasteiger partial charge on any atom is 0.408 e. The van der Waals surface area contributed by atoms with E-state index >= 15 is 0 Å². The highest BCUT2D eigenvalue weighted by Crippen LogP contribution is 2.63. The first-order chi connectivity index (χ1) is 25.3. The van der Waals surface area contributed by atoms with Crippen molar-refractivity contribution < 1.29 is 44.7 Å². The molecule has 0 saturated heterocycles. The highest BCUT2D eigenvalue weighted by Gasteiger charge is 2.76. The Balaban J connectivity index is 0.00000650. The number of ether oxygens (including phenoxy) is 3. The maximum absolute atomic E-state index is 14.2. The molecule has 2 saturated carbocycles. The summed E-state index contributed by atoms with van der Waals surface area (Å²) in [6.45, 7) is 9.96. The number of hydrogen-bond donors (Lipinski definition) is 4. The average molecular weight is 728 g/mol.